The molecule has 1 aliphatic rings. The van der Waals surface area contributed by atoms with Gasteiger partial charge in [0, 0.05) is 12.8 Å². The van der Waals surface area contributed by atoms with E-state index in [1.54, 1.807) is 0 Å². The summed E-state index contributed by atoms with van der Waals surface area (Å²) in [6.45, 7) is 0. The summed E-state index contributed by atoms with van der Waals surface area (Å²) >= 11 is 0. The predicted molar refractivity (Wildman–Crippen MR) is 45.2 cm³/mol. The van der Waals surface area contributed by atoms with E-state index in [1.807, 2.05) is 0 Å². The lowest BCUT2D eigenvalue weighted by Crippen LogP contribution is -2.27. The normalized spacial score (nSPS) is 28.5. The number of methoxy groups -OCH3 is 2. The first-order valence-corrected chi connectivity index (χ1v) is 4.45. The van der Waals surface area contributed by atoms with Gasteiger partial charge in [-0.25, -0.2) is 8.78 Å². The van der Waals surface area contributed by atoms with Gasteiger partial charge in [-0.2, -0.15) is 0 Å². The molecule has 1 aliphatic carbocycles. The summed E-state index contributed by atoms with van der Waals surface area (Å²) in [6, 6.07) is 0. The Balaban J connectivity index is 2.83. The van der Waals surface area contributed by atoms with Crippen molar-refractivity contribution in [2.45, 2.75) is 18.8 Å². The van der Waals surface area contributed by atoms with Crippen molar-refractivity contribution in [2.75, 3.05) is 14.2 Å². The second-order valence-corrected chi connectivity index (χ2v) is 3.52. The molecule has 2 atom stereocenters. The fourth-order valence-corrected chi connectivity index (χ4v) is 1.81. The van der Waals surface area contributed by atoms with Gasteiger partial charge in [0.1, 0.15) is 0 Å². The van der Waals surface area contributed by atoms with E-state index in [2.05, 4.69) is 9.47 Å². The van der Waals surface area contributed by atoms with Crippen molar-refractivity contribution in [3.05, 3.63) is 0 Å². The van der Waals surface area contributed by atoms with Crippen molar-refractivity contribution < 1.29 is 27.8 Å². The fourth-order valence-electron chi connectivity index (χ4n) is 1.81. The third-order valence-electron chi connectivity index (χ3n) is 2.53. The van der Waals surface area contributed by atoms with Gasteiger partial charge < -0.3 is 9.47 Å². The Hall–Kier alpha value is -1.20. The van der Waals surface area contributed by atoms with Crippen molar-refractivity contribution >= 4 is 11.9 Å². The van der Waals surface area contributed by atoms with E-state index in [0.717, 1.165) is 14.2 Å². The van der Waals surface area contributed by atoms with Crippen LogP contribution in [-0.2, 0) is 19.1 Å². The van der Waals surface area contributed by atoms with Crippen LogP contribution in [-0.4, -0.2) is 32.1 Å². The van der Waals surface area contributed by atoms with Gasteiger partial charge in [0.25, 0.3) is 0 Å². The standard InChI is InChI=1S/C9H12F2O4/c1-14-7(12)5-3-9(10,11)4-6(5)8(13)15-2/h5-6H,3-4H2,1-2H3. The summed E-state index contributed by atoms with van der Waals surface area (Å²) in [5, 5.41) is 0. The van der Waals surface area contributed by atoms with Gasteiger partial charge in [0.15, 0.2) is 0 Å². The van der Waals surface area contributed by atoms with Crippen molar-refractivity contribution in [3.63, 3.8) is 0 Å². The predicted octanol–water partition coefficient (Wildman–Crippen LogP) is 0.994. The Bertz CT molecular complexity index is 251. The summed E-state index contributed by atoms with van der Waals surface area (Å²) in [5.41, 5.74) is 0. The first-order chi connectivity index (χ1) is 6.91. The summed E-state index contributed by atoms with van der Waals surface area (Å²) < 4.78 is 34.8. The topological polar surface area (TPSA) is 52.6 Å². The third kappa shape index (κ3) is 2.43. The molecule has 0 aromatic heterocycles. The molecule has 2 unspecified atom stereocenters. The van der Waals surface area contributed by atoms with E-state index in [-0.39, 0.29) is 0 Å². The highest BCUT2D eigenvalue weighted by molar-refractivity contribution is 5.82. The Labute approximate surface area is 85.5 Å². The monoisotopic (exact) mass is 222 g/mol. The lowest BCUT2D eigenvalue weighted by molar-refractivity contribution is -0.156. The lowest BCUT2D eigenvalue weighted by atomic mass is 9.96. The minimum absolute atomic E-state index is 0.653. The molecule has 86 valence electrons. The van der Waals surface area contributed by atoms with Crippen LogP contribution in [0.3, 0.4) is 0 Å². The number of esters is 2. The molecule has 0 aliphatic heterocycles. The van der Waals surface area contributed by atoms with Crippen LogP contribution < -0.4 is 0 Å². The Morgan fingerprint density at radius 3 is 1.67 bits per heavy atom. The van der Waals surface area contributed by atoms with Crippen molar-refractivity contribution in [1.29, 1.82) is 0 Å². The number of carbonyl (C=O) groups is 2. The highest BCUT2D eigenvalue weighted by atomic mass is 19.3. The summed E-state index contributed by atoms with van der Waals surface area (Å²) in [6.07, 6.45) is -1.31. The SMILES string of the molecule is COC(=O)C1CC(F)(F)CC1C(=O)OC. The molecule has 0 N–H and O–H groups in total. The Morgan fingerprint density at radius 1 is 1.07 bits per heavy atom. The van der Waals surface area contributed by atoms with Crippen LogP contribution in [0.2, 0.25) is 0 Å². The molecule has 0 spiro atoms. The number of ether oxygens (including phenoxy) is 2. The van der Waals surface area contributed by atoms with Crippen LogP contribution in [0.4, 0.5) is 8.78 Å². The van der Waals surface area contributed by atoms with E-state index >= 15 is 0 Å². The first kappa shape index (κ1) is 11.9. The third-order valence-corrected chi connectivity index (χ3v) is 2.53. The largest absolute Gasteiger partial charge is 0.469 e. The lowest BCUT2D eigenvalue weighted by Gasteiger charge is -2.13. The zero-order valence-corrected chi connectivity index (χ0v) is 8.46. The molecule has 0 radical (unpaired) electrons. The van der Waals surface area contributed by atoms with Crippen LogP contribution >= 0.6 is 0 Å². The molecule has 0 amide bonds. The maximum absolute atomic E-state index is 13.0. The van der Waals surface area contributed by atoms with Crippen LogP contribution in [0.1, 0.15) is 12.8 Å². The van der Waals surface area contributed by atoms with E-state index in [4.69, 9.17) is 0 Å². The molecule has 0 saturated heterocycles. The van der Waals surface area contributed by atoms with Gasteiger partial charge in [-0.05, 0) is 0 Å². The molecule has 0 bridgehead atoms. The summed E-state index contributed by atoms with van der Waals surface area (Å²) in [4.78, 5) is 22.3. The Morgan fingerprint density at radius 2 is 1.40 bits per heavy atom. The first-order valence-electron chi connectivity index (χ1n) is 4.45. The van der Waals surface area contributed by atoms with E-state index in [1.165, 1.54) is 0 Å². The smallest absolute Gasteiger partial charge is 0.309 e. The zero-order chi connectivity index (χ0) is 11.6. The molecule has 1 fully saturated rings. The maximum atomic E-state index is 13.0. The summed E-state index contributed by atoms with van der Waals surface area (Å²) in [7, 11) is 2.21. The van der Waals surface area contributed by atoms with Gasteiger partial charge >= 0.3 is 11.9 Å². The molecule has 1 saturated carbocycles. The minimum Gasteiger partial charge on any atom is -0.469 e. The van der Waals surface area contributed by atoms with Gasteiger partial charge in [-0.1, -0.05) is 0 Å². The van der Waals surface area contributed by atoms with Crippen molar-refractivity contribution in [2.24, 2.45) is 11.8 Å². The molecule has 0 aromatic rings. The molecular formula is C9H12F2O4. The highest BCUT2D eigenvalue weighted by Gasteiger charge is 2.53. The molecular weight excluding hydrogens is 210 g/mol. The number of halogens is 2. The number of carbonyl (C=O) groups excluding carboxylic acids is 2. The number of hydrogen-bond acceptors (Lipinski definition) is 4. The number of alkyl halides is 2. The maximum Gasteiger partial charge on any atom is 0.309 e. The van der Waals surface area contributed by atoms with Crippen LogP contribution in [0.15, 0.2) is 0 Å². The number of hydrogen-bond donors (Lipinski definition) is 0. The molecule has 1 rings (SSSR count). The molecule has 4 nitrogen and oxygen atoms in total. The van der Waals surface area contributed by atoms with Gasteiger partial charge in [-0.3, -0.25) is 9.59 Å². The number of rotatable bonds is 2. The molecule has 0 aromatic carbocycles. The van der Waals surface area contributed by atoms with Gasteiger partial charge in [0.05, 0.1) is 26.1 Å². The van der Waals surface area contributed by atoms with Gasteiger partial charge in [-0.15, -0.1) is 0 Å². The van der Waals surface area contributed by atoms with E-state index in [9.17, 15) is 18.4 Å². The van der Waals surface area contributed by atoms with Gasteiger partial charge in [0.2, 0.25) is 5.92 Å². The van der Waals surface area contributed by atoms with E-state index in [0.29, 0.717) is 0 Å². The molecule has 15 heavy (non-hydrogen) atoms. The zero-order valence-electron chi connectivity index (χ0n) is 8.46. The average molecular weight is 222 g/mol. The molecule has 0 heterocycles. The minimum atomic E-state index is -3.00. The summed E-state index contributed by atoms with van der Waals surface area (Å²) in [5.74, 6) is -6.78. The van der Waals surface area contributed by atoms with Crippen molar-refractivity contribution in [3.8, 4) is 0 Å². The quantitative estimate of drug-likeness (QED) is 0.654. The second-order valence-electron chi connectivity index (χ2n) is 3.52. The van der Waals surface area contributed by atoms with E-state index < -0.39 is 42.5 Å². The highest BCUT2D eigenvalue weighted by Crippen LogP contribution is 2.44. The van der Waals surface area contributed by atoms with Crippen LogP contribution in [0, 0.1) is 11.8 Å². The fraction of sp³-hybridized carbons (Fsp3) is 0.778. The second kappa shape index (κ2) is 4.12. The Kier molecular flexibility index (Phi) is 3.26. The van der Waals surface area contributed by atoms with Crippen LogP contribution in [0.25, 0.3) is 0 Å². The van der Waals surface area contributed by atoms with Crippen molar-refractivity contribution in [1.82, 2.24) is 0 Å². The average Bonchev–Trinajstić information content (AvgIpc) is 2.52. The molecule has 6 heteroatoms. The van der Waals surface area contributed by atoms with Crippen LogP contribution in [0.5, 0.6) is 0 Å².